The molecule has 0 heterocycles. The number of hydrogen-bond acceptors (Lipinski definition) is 4. The van der Waals surface area contributed by atoms with Gasteiger partial charge in [-0.1, -0.05) is 26.0 Å². The topological polar surface area (TPSA) is 55.7 Å². The van der Waals surface area contributed by atoms with Gasteiger partial charge in [0.2, 0.25) is 0 Å². The Morgan fingerprint density at radius 1 is 1.10 bits per heavy atom. The van der Waals surface area contributed by atoms with Crippen LogP contribution in [0.4, 0.5) is 0 Å². The molecule has 0 amide bonds. The Hall–Kier alpha value is -1.97. The number of nitrogens with zero attached hydrogens (tertiary/aromatic N) is 1. The molecule has 0 spiro atoms. The maximum absolute atomic E-state index is 12.0. The van der Waals surface area contributed by atoms with E-state index in [1.807, 2.05) is 38.1 Å². The molecule has 0 unspecified atom stereocenters. The van der Waals surface area contributed by atoms with Crippen molar-refractivity contribution in [1.29, 1.82) is 0 Å². The Balaban J connectivity index is 2.10. The average Bonchev–Trinajstić information content (AvgIpc) is 2.37. The second-order valence-electron chi connectivity index (χ2n) is 5.88. The molecular formula is C16H19NO3. The lowest BCUT2D eigenvalue weighted by Gasteiger charge is -2.27. The fourth-order valence-corrected chi connectivity index (χ4v) is 2.33. The quantitative estimate of drug-likeness (QED) is 0.850. The van der Waals surface area contributed by atoms with Gasteiger partial charge in [0.25, 0.3) is 0 Å². The average molecular weight is 273 g/mol. The maximum Gasteiger partial charge on any atom is 0.184 e. The van der Waals surface area contributed by atoms with Crippen LogP contribution in [-0.4, -0.2) is 24.4 Å². The van der Waals surface area contributed by atoms with Gasteiger partial charge in [-0.15, -0.1) is 0 Å². The predicted molar refractivity (Wildman–Crippen MR) is 77.2 cm³/mol. The van der Waals surface area contributed by atoms with E-state index in [-0.39, 0.29) is 22.7 Å². The zero-order valence-electron chi connectivity index (χ0n) is 12.1. The molecule has 0 N–H and O–H groups in total. The number of carbonyl (C=O) groups excluding carboxylic acids is 2. The molecule has 4 heteroatoms. The molecule has 4 nitrogen and oxygen atoms in total. The Bertz CT molecular complexity index is 534. The Labute approximate surface area is 118 Å². The zero-order chi connectivity index (χ0) is 14.8. The van der Waals surface area contributed by atoms with Crippen molar-refractivity contribution in [1.82, 2.24) is 0 Å². The number of rotatable bonds is 3. The number of ether oxygens (including phenoxy) is 1. The summed E-state index contributed by atoms with van der Waals surface area (Å²) in [7, 11) is 1.61. The lowest BCUT2D eigenvalue weighted by Crippen LogP contribution is -2.38. The molecule has 0 bridgehead atoms. The first-order chi connectivity index (χ1) is 9.41. The highest BCUT2D eigenvalue weighted by molar-refractivity contribution is 6.67. The van der Waals surface area contributed by atoms with Crippen LogP contribution in [0.15, 0.2) is 29.3 Å². The van der Waals surface area contributed by atoms with Gasteiger partial charge in [-0.2, -0.15) is 0 Å². The number of methoxy groups -OCH3 is 1. The maximum atomic E-state index is 12.0. The minimum absolute atomic E-state index is 0.125. The van der Waals surface area contributed by atoms with Gasteiger partial charge >= 0.3 is 0 Å². The van der Waals surface area contributed by atoms with Gasteiger partial charge in [0.05, 0.1) is 13.7 Å². The standard InChI is InChI=1S/C16H19NO3/c1-16(2)8-13(18)15(14(19)9-16)17-10-11-4-6-12(20-3)7-5-11/h4-7H,8-10H2,1-3H3. The third kappa shape index (κ3) is 3.32. The number of ketones is 2. The molecule has 0 saturated heterocycles. The first kappa shape index (κ1) is 14.4. The number of aliphatic imine (C=N–C) groups is 1. The second-order valence-corrected chi connectivity index (χ2v) is 5.88. The van der Waals surface area contributed by atoms with E-state index in [9.17, 15) is 9.59 Å². The van der Waals surface area contributed by atoms with E-state index in [2.05, 4.69) is 4.99 Å². The normalized spacial score (nSPS) is 18.1. The number of benzene rings is 1. The van der Waals surface area contributed by atoms with Crippen LogP contribution < -0.4 is 4.74 Å². The summed E-state index contributed by atoms with van der Waals surface area (Å²) in [5.41, 5.74) is 0.830. The van der Waals surface area contributed by atoms with Crippen molar-refractivity contribution in [2.24, 2.45) is 10.4 Å². The van der Waals surface area contributed by atoms with Crippen LogP contribution in [0.25, 0.3) is 0 Å². The largest absolute Gasteiger partial charge is 0.497 e. The summed E-state index contributed by atoms with van der Waals surface area (Å²) >= 11 is 0. The van der Waals surface area contributed by atoms with E-state index in [1.54, 1.807) is 7.11 Å². The summed E-state index contributed by atoms with van der Waals surface area (Å²) in [6, 6.07) is 7.43. The molecule has 0 aromatic heterocycles. The molecule has 1 aromatic carbocycles. The zero-order valence-corrected chi connectivity index (χ0v) is 12.1. The van der Waals surface area contributed by atoms with Crippen LogP contribution in [-0.2, 0) is 16.1 Å². The first-order valence-corrected chi connectivity index (χ1v) is 6.65. The SMILES string of the molecule is COc1ccc(CN=C2C(=O)CC(C)(C)CC2=O)cc1. The third-order valence-corrected chi connectivity index (χ3v) is 3.39. The van der Waals surface area contributed by atoms with Crippen molar-refractivity contribution in [3.8, 4) is 5.75 Å². The molecular weight excluding hydrogens is 254 g/mol. The van der Waals surface area contributed by atoms with Gasteiger partial charge in [-0.05, 0) is 23.1 Å². The van der Waals surface area contributed by atoms with Gasteiger partial charge < -0.3 is 4.74 Å². The highest BCUT2D eigenvalue weighted by Crippen LogP contribution is 2.30. The van der Waals surface area contributed by atoms with Crippen LogP contribution in [0.5, 0.6) is 5.75 Å². The number of hydrogen-bond donors (Lipinski definition) is 0. The van der Waals surface area contributed by atoms with E-state index < -0.39 is 0 Å². The molecule has 2 rings (SSSR count). The number of Topliss-reactive ketones (excluding diaryl/α,β-unsaturated/α-hetero) is 2. The van der Waals surface area contributed by atoms with Crippen molar-refractivity contribution < 1.29 is 14.3 Å². The monoisotopic (exact) mass is 273 g/mol. The lowest BCUT2D eigenvalue weighted by atomic mass is 9.75. The van der Waals surface area contributed by atoms with Gasteiger partial charge in [0, 0.05) is 12.8 Å². The van der Waals surface area contributed by atoms with Crippen molar-refractivity contribution in [3.05, 3.63) is 29.8 Å². The smallest absolute Gasteiger partial charge is 0.184 e. The Morgan fingerprint density at radius 2 is 1.65 bits per heavy atom. The molecule has 0 radical (unpaired) electrons. The van der Waals surface area contributed by atoms with Gasteiger partial charge in [0.1, 0.15) is 11.5 Å². The first-order valence-electron chi connectivity index (χ1n) is 6.65. The highest BCUT2D eigenvalue weighted by Gasteiger charge is 2.36. The van der Waals surface area contributed by atoms with E-state index in [0.29, 0.717) is 19.4 Å². The predicted octanol–water partition coefficient (Wildman–Crippen LogP) is 2.59. The van der Waals surface area contributed by atoms with Gasteiger partial charge in [-0.3, -0.25) is 14.6 Å². The molecule has 1 fully saturated rings. The molecule has 0 aliphatic heterocycles. The summed E-state index contributed by atoms with van der Waals surface area (Å²) < 4.78 is 5.08. The Kier molecular flexibility index (Phi) is 4.02. The summed E-state index contributed by atoms with van der Waals surface area (Å²) in [6.07, 6.45) is 0.778. The van der Waals surface area contributed by atoms with Crippen LogP contribution in [0.3, 0.4) is 0 Å². The summed E-state index contributed by atoms with van der Waals surface area (Å²) in [6.45, 7) is 4.21. The van der Waals surface area contributed by atoms with Crippen LogP contribution in [0, 0.1) is 5.41 Å². The van der Waals surface area contributed by atoms with Crippen molar-refractivity contribution in [3.63, 3.8) is 0 Å². The summed E-state index contributed by atoms with van der Waals surface area (Å²) in [5.74, 6) is 0.493. The lowest BCUT2D eigenvalue weighted by molar-refractivity contribution is -0.122. The molecule has 1 aliphatic rings. The van der Waals surface area contributed by atoms with Crippen molar-refractivity contribution >= 4 is 17.3 Å². The Morgan fingerprint density at radius 3 is 2.15 bits per heavy atom. The molecule has 1 aromatic rings. The summed E-state index contributed by atoms with van der Waals surface area (Å²) in [4.78, 5) is 28.2. The van der Waals surface area contributed by atoms with E-state index >= 15 is 0 Å². The molecule has 1 saturated carbocycles. The van der Waals surface area contributed by atoms with E-state index in [0.717, 1.165) is 11.3 Å². The summed E-state index contributed by atoms with van der Waals surface area (Å²) in [5, 5.41) is 0. The van der Waals surface area contributed by atoms with Crippen LogP contribution in [0.2, 0.25) is 0 Å². The fourth-order valence-electron chi connectivity index (χ4n) is 2.33. The van der Waals surface area contributed by atoms with E-state index in [1.165, 1.54) is 0 Å². The van der Waals surface area contributed by atoms with E-state index in [4.69, 9.17) is 4.74 Å². The minimum Gasteiger partial charge on any atom is -0.497 e. The molecule has 1 aliphatic carbocycles. The van der Waals surface area contributed by atoms with Crippen molar-refractivity contribution in [2.75, 3.05) is 7.11 Å². The fraction of sp³-hybridized carbons (Fsp3) is 0.438. The van der Waals surface area contributed by atoms with Gasteiger partial charge in [0.15, 0.2) is 11.6 Å². The van der Waals surface area contributed by atoms with Gasteiger partial charge in [-0.25, -0.2) is 0 Å². The molecule has 0 atom stereocenters. The third-order valence-electron chi connectivity index (χ3n) is 3.39. The minimum atomic E-state index is -0.243. The number of carbonyl (C=O) groups is 2. The molecule has 20 heavy (non-hydrogen) atoms. The molecule has 106 valence electrons. The van der Waals surface area contributed by atoms with Crippen LogP contribution >= 0.6 is 0 Å². The van der Waals surface area contributed by atoms with Crippen molar-refractivity contribution in [2.45, 2.75) is 33.2 Å². The van der Waals surface area contributed by atoms with Crippen LogP contribution in [0.1, 0.15) is 32.3 Å². The second kappa shape index (κ2) is 5.57. The highest BCUT2D eigenvalue weighted by atomic mass is 16.5.